The highest BCUT2D eigenvalue weighted by atomic mass is 16.3. The van der Waals surface area contributed by atoms with Crippen LogP contribution in [-0.4, -0.2) is 35.6 Å². The van der Waals surface area contributed by atoms with Crippen molar-refractivity contribution in [3.63, 3.8) is 0 Å². The maximum atomic E-state index is 5.49. The van der Waals surface area contributed by atoms with Gasteiger partial charge in [0.1, 0.15) is 11.5 Å². The Bertz CT molecular complexity index is 517. The fraction of sp³-hybridized carbons (Fsp3) is 0.417. The van der Waals surface area contributed by atoms with E-state index in [0.29, 0.717) is 24.4 Å². The van der Waals surface area contributed by atoms with Crippen LogP contribution >= 0.6 is 0 Å². The molecule has 7 heteroatoms. The zero-order valence-corrected chi connectivity index (χ0v) is 11.3. The minimum atomic E-state index is 0.524. The van der Waals surface area contributed by atoms with Crippen LogP contribution in [0.4, 0.5) is 17.8 Å². The molecule has 0 aliphatic rings. The zero-order chi connectivity index (χ0) is 13.7. The highest BCUT2D eigenvalue weighted by molar-refractivity contribution is 5.41. The number of hydrogen-bond acceptors (Lipinski definition) is 7. The Hall–Kier alpha value is -2.31. The smallest absolute Gasteiger partial charge is 0.229 e. The van der Waals surface area contributed by atoms with E-state index >= 15 is 0 Å². The van der Waals surface area contributed by atoms with Crippen molar-refractivity contribution < 1.29 is 4.42 Å². The van der Waals surface area contributed by atoms with Crippen molar-refractivity contribution in [2.45, 2.75) is 13.3 Å². The third kappa shape index (κ3) is 3.57. The lowest BCUT2D eigenvalue weighted by molar-refractivity contribution is 0.486. The summed E-state index contributed by atoms with van der Waals surface area (Å²) in [7, 11) is 3.54. The summed E-state index contributed by atoms with van der Waals surface area (Å²) in [5, 5.41) is 8.94. The van der Waals surface area contributed by atoms with Gasteiger partial charge in [-0.15, -0.1) is 0 Å². The summed E-state index contributed by atoms with van der Waals surface area (Å²) in [5.41, 5.74) is 0. The van der Waals surface area contributed by atoms with E-state index in [-0.39, 0.29) is 0 Å². The number of aromatic nitrogens is 3. The first-order valence-corrected chi connectivity index (χ1v) is 6.12. The Morgan fingerprint density at radius 2 is 1.63 bits per heavy atom. The number of hydrogen-bond donors (Lipinski definition) is 3. The molecule has 2 aromatic heterocycles. The maximum Gasteiger partial charge on any atom is 0.229 e. The Morgan fingerprint density at radius 1 is 1.00 bits per heavy atom. The van der Waals surface area contributed by atoms with Crippen LogP contribution in [0.1, 0.15) is 11.5 Å². The first kappa shape index (κ1) is 13.1. The van der Waals surface area contributed by atoms with Gasteiger partial charge < -0.3 is 20.4 Å². The predicted molar refractivity (Wildman–Crippen MR) is 74.6 cm³/mol. The van der Waals surface area contributed by atoms with E-state index < -0.39 is 0 Å². The Kier molecular flexibility index (Phi) is 4.17. The van der Waals surface area contributed by atoms with Crippen LogP contribution in [0.25, 0.3) is 0 Å². The second-order valence-electron chi connectivity index (χ2n) is 4.00. The summed E-state index contributed by atoms with van der Waals surface area (Å²) < 4.78 is 5.49. The average Bonchev–Trinajstić information content (AvgIpc) is 2.84. The molecule has 0 amide bonds. The molecule has 0 radical (unpaired) electrons. The summed E-state index contributed by atoms with van der Waals surface area (Å²) in [6, 6.07) is 3.93. The molecule has 0 saturated heterocycles. The molecule has 0 saturated carbocycles. The van der Waals surface area contributed by atoms with Crippen molar-refractivity contribution in [3.05, 3.63) is 23.7 Å². The van der Waals surface area contributed by atoms with E-state index in [1.807, 2.05) is 19.1 Å². The average molecular weight is 262 g/mol. The third-order valence-electron chi connectivity index (χ3n) is 2.53. The topological polar surface area (TPSA) is 87.9 Å². The Morgan fingerprint density at radius 3 is 2.16 bits per heavy atom. The molecule has 0 aromatic carbocycles. The Balaban J connectivity index is 1.95. The molecule has 2 rings (SSSR count). The Labute approximate surface area is 111 Å². The number of nitrogens with one attached hydrogen (secondary N) is 3. The monoisotopic (exact) mass is 262 g/mol. The van der Waals surface area contributed by atoms with E-state index in [1.54, 1.807) is 14.1 Å². The summed E-state index contributed by atoms with van der Waals surface area (Å²) in [5.74, 6) is 3.45. The molecule has 0 aliphatic heterocycles. The van der Waals surface area contributed by atoms with E-state index in [2.05, 4.69) is 30.9 Å². The second-order valence-corrected chi connectivity index (χ2v) is 4.00. The van der Waals surface area contributed by atoms with Gasteiger partial charge in [0, 0.05) is 27.1 Å². The van der Waals surface area contributed by atoms with Gasteiger partial charge in [0.2, 0.25) is 17.8 Å². The number of aryl methyl sites for hydroxylation is 1. The standard InChI is InChI=1S/C12H18N6O/c1-8-4-5-9(19-8)6-7-15-12-17-10(13-2)16-11(14-3)18-12/h4-5H,6-7H2,1-3H3,(H3,13,14,15,16,17,18). The van der Waals surface area contributed by atoms with Gasteiger partial charge in [0.05, 0.1) is 0 Å². The SMILES string of the molecule is CNc1nc(NC)nc(NCCc2ccc(C)o2)n1. The number of furan rings is 1. The minimum absolute atomic E-state index is 0.524. The van der Waals surface area contributed by atoms with E-state index in [4.69, 9.17) is 4.42 Å². The first-order chi connectivity index (χ1) is 9.21. The molecule has 0 unspecified atom stereocenters. The van der Waals surface area contributed by atoms with Crippen LogP contribution in [0.5, 0.6) is 0 Å². The second kappa shape index (κ2) is 6.03. The van der Waals surface area contributed by atoms with Crippen LogP contribution in [0.15, 0.2) is 16.5 Å². The lowest BCUT2D eigenvalue weighted by Crippen LogP contribution is -2.11. The molecule has 0 spiro atoms. The van der Waals surface area contributed by atoms with Crippen molar-refractivity contribution >= 4 is 17.8 Å². The van der Waals surface area contributed by atoms with Crippen LogP contribution in [0.2, 0.25) is 0 Å². The third-order valence-corrected chi connectivity index (χ3v) is 2.53. The lowest BCUT2D eigenvalue weighted by Gasteiger charge is -2.07. The predicted octanol–water partition coefficient (Wildman–Crippen LogP) is 1.51. The molecule has 19 heavy (non-hydrogen) atoms. The number of nitrogens with zero attached hydrogens (tertiary/aromatic N) is 3. The van der Waals surface area contributed by atoms with Crippen molar-refractivity contribution in [2.75, 3.05) is 36.6 Å². The van der Waals surface area contributed by atoms with E-state index in [1.165, 1.54) is 0 Å². The quantitative estimate of drug-likeness (QED) is 0.727. The highest BCUT2D eigenvalue weighted by Crippen LogP contribution is 2.10. The highest BCUT2D eigenvalue weighted by Gasteiger charge is 2.04. The summed E-state index contributed by atoms with van der Waals surface area (Å²) in [6.07, 6.45) is 0.781. The molecule has 2 aromatic rings. The van der Waals surface area contributed by atoms with Crippen LogP contribution in [0, 0.1) is 6.92 Å². The molecule has 7 nitrogen and oxygen atoms in total. The molecule has 3 N–H and O–H groups in total. The fourth-order valence-electron chi connectivity index (χ4n) is 1.60. The minimum Gasteiger partial charge on any atom is -0.466 e. The van der Waals surface area contributed by atoms with Gasteiger partial charge in [0.15, 0.2) is 0 Å². The van der Waals surface area contributed by atoms with E-state index in [0.717, 1.165) is 17.9 Å². The lowest BCUT2D eigenvalue weighted by atomic mass is 10.3. The largest absolute Gasteiger partial charge is 0.466 e. The van der Waals surface area contributed by atoms with Gasteiger partial charge in [-0.2, -0.15) is 15.0 Å². The fourth-order valence-corrected chi connectivity index (χ4v) is 1.60. The molecule has 0 aliphatic carbocycles. The van der Waals surface area contributed by atoms with Crippen LogP contribution < -0.4 is 16.0 Å². The van der Waals surface area contributed by atoms with Crippen molar-refractivity contribution in [1.29, 1.82) is 0 Å². The zero-order valence-electron chi connectivity index (χ0n) is 11.3. The molecule has 0 atom stereocenters. The van der Waals surface area contributed by atoms with Gasteiger partial charge in [-0.05, 0) is 19.1 Å². The summed E-state index contributed by atoms with van der Waals surface area (Å²) in [6.45, 7) is 2.63. The van der Waals surface area contributed by atoms with Gasteiger partial charge in [-0.25, -0.2) is 0 Å². The van der Waals surface area contributed by atoms with Crippen molar-refractivity contribution in [3.8, 4) is 0 Å². The van der Waals surface area contributed by atoms with Crippen LogP contribution in [0.3, 0.4) is 0 Å². The molecule has 0 bridgehead atoms. The van der Waals surface area contributed by atoms with Crippen LogP contribution in [-0.2, 0) is 6.42 Å². The molecular formula is C12H18N6O. The van der Waals surface area contributed by atoms with E-state index in [9.17, 15) is 0 Å². The van der Waals surface area contributed by atoms with Gasteiger partial charge in [-0.3, -0.25) is 0 Å². The van der Waals surface area contributed by atoms with Crippen molar-refractivity contribution in [2.24, 2.45) is 0 Å². The normalized spacial score (nSPS) is 10.3. The van der Waals surface area contributed by atoms with Gasteiger partial charge in [-0.1, -0.05) is 0 Å². The summed E-state index contributed by atoms with van der Waals surface area (Å²) in [4.78, 5) is 12.6. The van der Waals surface area contributed by atoms with Crippen molar-refractivity contribution in [1.82, 2.24) is 15.0 Å². The molecule has 0 fully saturated rings. The first-order valence-electron chi connectivity index (χ1n) is 6.12. The molecular weight excluding hydrogens is 244 g/mol. The number of rotatable bonds is 6. The van der Waals surface area contributed by atoms with Gasteiger partial charge in [0.25, 0.3) is 0 Å². The molecule has 102 valence electrons. The molecule has 2 heterocycles. The summed E-state index contributed by atoms with van der Waals surface area (Å²) >= 11 is 0. The maximum absolute atomic E-state index is 5.49. The number of anilines is 3. The van der Waals surface area contributed by atoms with Gasteiger partial charge >= 0.3 is 0 Å².